The highest BCUT2D eigenvalue weighted by Crippen LogP contribution is 2.30. The third kappa shape index (κ3) is 3.04. The lowest BCUT2D eigenvalue weighted by Gasteiger charge is -2.17. The Kier molecular flexibility index (Phi) is 4.24. The van der Waals surface area contributed by atoms with Gasteiger partial charge >= 0.3 is 0 Å². The zero-order valence-electron chi connectivity index (χ0n) is 12.4. The quantitative estimate of drug-likeness (QED) is 0.852. The minimum absolute atomic E-state index is 0.00865. The fourth-order valence-corrected chi connectivity index (χ4v) is 3.25. The Labute approximate surface area is 133 Å². The third-order valence-electron chi connectivity index (χ3n) is 3.81. The van der Waals surface area contributed by atoms with Crippen molar-refractivity contribution in [2.45, 2.75) is 19.4 Å². The lowest BCUT2D eigenvalue weighted by atomic mass is 10.1. The predicted molar refractivity (Wildman–Crippen MR) is 85.4 cm³/mol. The highest BCUT2D eigenvalue weighted by molar-refractivity contribution is 7.07. The molecule has 114 valence electrons. The van der Waals surface area contributed by atoms with Crippen molar-refractivity contribution < 1.29 is 14.3 Å². The summed E-state index contributed by atoms with van der Waals surface area (Å²) in [4.78, 5) is 25.5. The van der Waals surface area contributed by atoms with Crippen LogP contribution in [0.3, 0.4) is 0 Å². The molecule has 0 spiro atoms. The van der Waals surface area contributed by atoms with E-state index in [1.165, 1.54) is 0 Å². The Hall–Kier alpha value is -2.14. The second kappa shape index (κ2) is 6.32. The standard InChI is InChI=1S/C17H17NO3S/c1-18(9-12-7-8-22-11-12)17(20)10-21-16-4-2-3-13-14(16)5-6-15(13)19/h2-4,7-8,11H,5-6,9-10H2,1H3. The predicted octanol–water partition coefficient (Wildman–Crippen LogP) is 2.91. The van der Waals surface area contributed by atoms with Crippen LogP contribution in [0.15, 0.2) is 35.0 Å². The molecule has 0 bridgehead atoms. The number of hydrogen-bond acceptors (Lipinski definition) is 4. The van der Waals surface area contributed by atoms with E-state index in [9.17, 15) is 9.59 Å². The van der Waals surface area contributed by atoms with E-state index >= 15 is 0 Å². The maximum absolute atomic E-state index is 12.1. The summed E-state index contributed by atoms with van der Waals surface area (Å²) >= 11 is 1.62. The Balaban J connectivity index is 1.61. The van der Waals surface area contributed by atoms with Gasteiger partial charge in [-0.1, -0.05) is 12.1 Å². The van der Waals surface area contributed by atoms with Crippen molar-refractivity contribution >= 4 is 23.0 Å². The van der Waals surface area contributed by atoms with E-state index in [0.29, 0.717) is 25.1 Å². The molecule has 1 aliphatic carbocycles. The SMILES string of the molecule is CN(Cc1ccsc1)C(=O)COc1cccc2c1CCC2=O. The summed E-state index contributed by atoms with van der Waals surface area (Å²) in [5.41, 5.74) is 2.78. The van der Waals surface area contributed by atoms with Gasteiger partial charge in [-0.05, 0) is 34.9 Å². The van der Waals surface area contributed by atoms with E-state index in [-0.39, 0.29) is 18.3 Å². The molecule has 22 heavy (non-hydrogen) atoms. The van der Waals surface area contributed by atoms with Gasteiger partial charge in [0.25, 0.3) is 5.91 Å². The number of rotatable bonds is 5. The fraction of sp³-hybridized carbons (Fsp3) is 0.294. The molecule has 0 saturated heterocycles. The van der Waals surface area contributed by atoms with Crippen LogP contribution in [0.4, 0.5) is 0 Å². The average Bonchev–Trinajstić information content (AvgIpc) is 3.15. The van der Waals surface area contributed by atoms with Crippen molar-refractivity contribution in [2.75, 3.05) is 13.7 Å². The zero-order valence-corrected chi connectivity index (χ0v) is 13.2. The molecule has 5 heteroatoms. The molecule has 0 N–H and O–H groups in total. The summed E-state index contributed by atoms with van der Waals surface area (Å²) in [5, 5.41) is 4.02. The molecule has 0 atom stereocenters. The second-order valence-corrected chi connectivity index (χ2v) is 6.16. The van der Waals surface area contributed by atoms with E-state index in [1.54, 1.807) is 29.4 Å². The highest BCUT2D eigenvalue weighted by Gasteiger charge is 2.23. The van der Waals surface area contributed by atoms with Crippen LogP contribution in [0.5, 0.6) is 5.75 Å². The maximum atomic E-state index is 12.1. The number of hydrogen-bond donors (Lipinski definition) is 0. The van der Waals surface area contributed by atoms with Gasteiger partial charge in [0.2, 0.25) is 0 Å². The van der Waals surface area contributed by atoms with Crippen molar-refractivity contribution in [3.63, 3.8) is 0 Å². The summed E-state index contributed by atoms with van der Waals surface area (Å²) in [6, 6.07) is 7.45. The van der Waals surface area contributed by atoms with Crippen molar-refractivity contribution in [3.05, 3.63) is 51.7 Å². The van der Waals surface area contributed by atoms with Gasteiger partial charge in [-0.25, -0.2) is 0 Å². The number of carbonyl (C=O) groups excluding carboxylic acids is 2. The van der Waals surface area contributed by atoms with E-state index in [1.807, 2.05) is 29.0 Å². The number of fused-ring (bicyclic) bond motifs is 1. The van der Waals surface area contributed by atoms with Crippen LogP contribution < -0.4 is 4.74 Å². The molecule has 0 saturated carbocycles. The molecule has 1 aromatic heterocycles. The molecule has 0 unspecified atom stereocenters. The van der Waals surface area contributed by atoms with Crippen LogP contribution in [-0.2, 0) is 17.8 Å². The summed E-state index contributed by atoms with van der Waals surface area (Å²) < 4.78 is 5.66. The zero-order chi connectivity index (χ0) is 15.5. The van der Waals surface area contributed by atoms with Crippen molar-refractivity contribution in [3.8, 4) is 5.75 Å². The maximum Gasteiger partial charge on any atom is 0.260 e. The highest BCUT2D eigenvalue weighted by atomic mass is 32.1. The smallest absolute Gasteiger partial charge is 0.260 e. The minimum atomic E-state index is -0.0758. The first-order chi connectivity index (χ1) is 10.6. The molecule has 0 radical (unpaired) electrons. The number of ketones is 1. The average molecular weight is 315 g/mol. The molecule has 1 amide bonds. The third-order valence-corrected chi connectivity index (χ3v) is 4.54. The Morgan fingerprint density at radius 2 is 2.18 bits per heavy atom. The molecule has 4 nitrogen and oxygen atoms in total. The van der Waals surface area contributed by atoms with Crippen LogP contribution in [0.25, 0.3) is 0 Å². The second-order valence-electron chi connectivity index (χ2n) is 5.38. The van der Waals surface area contributed by atoms with Crippen LogP contribution in [-0.4, -0.2) is 30.2 Å². The Bertz CT molecular complexity index is 694. The van der Waals surface area contributed by atoms with Gasteiger partial charge in [0.15, 0.2) is 12.4 Å². The largest absolute Gasteiger partial charge is 0.483 e. The summed E-state index contributed by atoms with van der Waals surface area (Å²) in [6.45, 7) is 0.572. The number of thiophene rings is 1. The lowest BCUT2D eigenvalue weighted by Crippen LogP contribution is -2.30. The van der Waals surface area contributed by atoms with Crippen LogP contribution in [0, 0.1) is 0 Å². The number of benzene rings is 1. The topological polar surface area (TPSA) is 46.6 Å². The summed E-state index contributed by atoms with van der Waals surface area (Å²) in [6.07, 6.45) is 1.23. The monoisotopic (exact) mass is 315 g/mol. The number of nitrogens with zero attached hydrogens (tertiary/aromatic N) is 1. The van der Waals surface area contributed by atoms with Gasteiger partial charge in [0.1, 0.15) is 5.75 Å². The number of carbonyl (C=O) groups is 2. The van der Waals surface area contributed by atoms with Crippen molar-refractivity contribution in [1.29, 1.82) is 0 Å². The minimum Gasteiger partial charge on any atom is -0.483 e. The molecule has 0 fully saturated rings. The molecule has 1 aliphatic rings. The van der Waals surface area contributed by atoms with Gasteiger partial charge in [-0.2, -0.15) is 11.3 Å². The van der Waals surface area contributed by atoms with E-state index in [4.69, 9.17) is 4.74 Å². The molecule has 3 rings (SSSR count). The van der Waals surface area contributed by atoms with Crippen molar-refractivity contribution in [1.82, 2.24) is 4.90 Å². The Morgan fingerprint density at radius 1 is 1.32 bits per heavy atom. The summed E-state index contributed by atoms with van der Waals surface area (Å²) in [5.74, 6) is 0.732. The first-order valence-electron chi connectivity index (χ1n) is 7.18. The first-order valence-corrected chi connectivity index (χ1v) is 8.12. The molecule has 2 aromatic rings. The van der Waals surface area contributed by atoms with Gasteiger partial charge in [0.05, 0.1) is 0 Å². The number of likely N-dealkylation sites (N-methyl/N-ethyl adjacent to an activating group) is 1. The van der Waals surface area contributed by atoms with Gasteiger partial charge < -0.3 is 9.64 Å². The van der Waals surface area contributed by atoms with E-state index in [2.05, 4.69) is 0 Å². The molecule has 1 aromatic carbocycles. The molecular weight excluding hydrogens is 298 g/mol. The number of Topliss-reactive ketones (excluding diaryl/α,β-unsaturated/α-hetero) is 1. The van der Waals surface area contributed by atoms with Gasteiger partial charge in [0, 0.05) is 31.1 Å². The lowest BCUT2D eigenvalue weighted by molar-refractivity contribution is -0.132. The Morgan fingerprint density at radius 3 is 2.95 bits per heavy atom. The van der Waals surface area contributed by atoms with Crippen LogP contribution >= 0.6 is 11.3 Å². The normalized spacial score (nSPS) is 13.0. The van der Waals surface area contributed by atoms with E-state index in [0.717, 1.165) is 16.7 Å². The summed E-state index contributed by atoms with van der Waals surface area (Å²) in [7, 11) is 1.77. The molecular formula is C17H17NO3S. The van der Waals surface area contributed by atoms with E-state index < -0.39 is 0 Å². The van der Waals surface area contributed by atoms with Gasteiger partial charge in [-0.15, -0.1) is 0 Å². The van der Waals surface area contributed by atoms with Crippen LogP contribution in [0.2, 0.25) is 0 Å². The fourth-order valence-electron chi connectivity index (χ4n) is 2.59. The van der Waals surface area contributed by atoms with Crippen molar-refractivity contribution in [2.24, 2.45) is 0 Å². The molecule has 1 heterocycles. The van der Waals surface area contributed by atoms with Crippen LogP contribution in [0.1, 0.15) is 27.9 Å². The number of amides is 1. The van der Waals surface area contributed by atoms with Gasteiger partial charge in [-0.3, -0.25) is 9.59 Å². The molecule has 0 aliphatic heterocycles. The number of ether oxygens (including phenoxy) is 1. The first kappa shape index (κ1) is 14.8.